The fourth-order valence-electron chi connectivity index (χ4n) is 3.17. The number of hydrogen-bond acceptors (Lipinski definition) is 1. The second kappa shape index (κ2) is 3.28. The highest BCUT2D eigenvalue weighted by atomic mass is 16.5. The predicted molar refractivity (Wildman–Crippen MR) is 72.8 cm³/mol. The first-order chi connectivity index (χ1) is 7.66. The number of fused-ring (bicyclic) bond motifs is 1. The van der Waals surface area contributed by atoms with Crippen molar-refractivity contribution in [1.82, 2.24) is 0 Å². The van der Waals surface area contributed by atoms with E-state index in [-0.39, 0.29) is 16.2 Å². The van der Waals surface area contributed by atoms with Crippen LogP contribution in [0.25, 0.3) is 0 Å². The van der Waals surface area contributed by atoms with Crippen LogP contribution in [0, 0.1) is 5.41 Å². The van der Waals surface area contributed by atoms with E-state index in [1.54, 1.807) is 7.11 Å². The largest absolute Gasteiger partial charge is 0.497 e. The normalized spacial score (nSPS) is 23.2. The second-order valence-corrected chi connectivity index (χ2v) is 6.79. The summed E-state index contributed by atoms with van der Waals surface area (Å²) in [5.41, 5.74) is 3.49. The van der Waals surface area contributed by atoms with E-state index in [0.29, 0.717) is 0 Å². The highest BCUT2D eigenvalue weighted by molar-refractivity contribution is 5.51. The third-order valence-electron chi connectivity index (χ3n) is 5.70. The SMILES string of the molecule is COc1ccc2c(c1)C(C)(C)C(C)(C)C2(C)C. The third-order valence-corrected chi connectivity index (χ3v) is 5.70. The lowest BCUT2D eigenvalue weighted by Crippen LogP contribution is -2.42. The topological polar surface area (TPSA) is 9.23 Å². The Morgan fingerprint density at radius 2 is 1.35 bits per heavy atom. The van der Waals surface area contributed by atoms with Crippen molar-refractivity contribution in [2.24, 2.45) is 5.41 Å². The Bertz CT molecular complexity index is 453. The van der Waals surface area contributed by atoms with Gasteiger partial charge in [-0.1, -0.05) is 47.6 Å². The summed E-state index contributed by atoms with van der Waals surface area (Å²) in [5.74, 6) is 0.963. The maximum Gasteiger partial charge on any atom is 0.119 e. The summed E-state index contributed by atoms with van der Waals surface area (Å²) in [7, 11) is 1.74. The lowest BCUT2D eigenvalue weighted by Gasteiger charge is -2.44. The summed E-state index contributed by atoms with van der Waals surface area (Å²) in [6.45, 7) is 14.2. The van der Waals surface area contributed by atoms with Crippen molar-refractivity contribution in [3.63, 3.8) is 0 Å². The Kier molecular flexibility index (Phi) is 2.40. The lowest BCUT2D eigenvalue weighted by atomic mass is 9.59. The summed E-state index contributed by atoms with van der Waals surface area (Å²) in [6, 6.07) is 6.54. The van der Waals surface area contributed by atoms with Gasteiger partial charge in [-0.05, 0) is 39.5 Å². The molecule has 17 heavy (non-hydrogen) atoms. The molecule has 1 aliphatic carbocycles. The Balaban J connectivity index is 2.73. The standard InChI is InChI=1S/C16H24O/c1-14(2)12-9-8-11(17-7)10-13(12)15(3,4)16(14,5)6/h8-10H,1-7H3. The van der Waals surface area contributed by atoms with Crippen LogP contribution in [0.4, 0.5) is 0 Å². The molecule has 2 rings (SSSR count). The average molecular weight is 232 g/mol. The van der Waals surface area contributed by atoms with Gasteiger partial charge in [0.2, 0.25) is 0 Å². The molecule has 0 saturated carbocycles. The zero-order chi connectivity index (χ0) is 13.1. The Morgan fingerprint density at radius 3 is 1.88 bits per heavy atom. The van der Waals surface area contributed by atoms with Crippen LogP contribution in [0.3, 0.4) is 0 Å². The van der Waals surface area contributed by atoms with E-state index in [2.05, 4.69) is 59.7 Å². The molecule has 1 aromatic carbocycles. The molecule has 1 aliphatic rings. The molecular formula is C16H24O. The minimum atomic E-state index is 0.167. The van der Waals surface area contributed by atoms with Crippen LogP contribution in [0.2, 0.25) is 0 Å². The minimum absolute atomic E-state index is 0.167. The number of ether oxygens (including phenoxy) is 1. The van der Waals surface area contributed by atoms with E-state index < -0.39 is 0 Å². The van der Waals surface area contributed by atoms with Gasteiger partial charge in [0.15, 0.2) is 0 Å². The number of rotatable bonds is 1. The second-order valence-electron chi connectivity index (χ2n) is 6.79. The molecule has 0 aromatic heterocycles. The van der Waals surface area contributed by atoms with Gasteiger partial charge in [-0.2, -0.15) is 0 Å². The summed E-state index contributed by atoms with van der Waals surface area (Å²) in [6.07, 6.45) is 0. The van der Waals surface area contributed by atoms with Gasteiger partial charge in [-0.15, -0.1) is 0 Å². The summed E-state index contributed by atoms with van der Waals surface area (Å²) in [4.78, 5) is 0. The molecular weight excluding hydrogens is 208 g/mol. The molecule has 1 aromatic rings. The quantitative estimate of drug-likeness (QED) is 0.702. The zero-order valence-corrected chi connectivity index (χ0v) is 12.1. The van der Waals surface area contributed by atoms with Crippen molar-refractivity contribution in [2.45, 2.75) is 52.4 Å². The minimum Gasteiger partial charge on any atom is -0.497 e. The number of methoxy groups -OCH3 is 1. The predicted octanol–water partition coefficient (Wildman–Crippen LogP) is 4.29. The van der Waals surface area contributed by atoms with E-state index in [9.17, 15) is 0 Å². The van der Waals surface area contributed by atoms with E-state index in [0.717, 1.165) is 5.75 Å². The molecule has 0 fully saturated rings. The maximum absolute atomic E-state index is 5.37. The van der Waals surface area contributed by atoms with Gasteiger partial charge in [0.1, 0.15) is 5.75 Å². The lowest BCUT2D eigenvalue weighted by molar-refractivity contribution is 0.125. The smallest absolute Gasteiger partial charge is 0.119 e. The van der Waals surface area contributed by atoms with Gasteiger partial charge in [0, 0.05) is 0 Å². The van der Waals surface area contributed by atoms with Crippen molar-refractivity contribution in [3.8, 4) is 5.75 Å². The van der Waals surface area contributed by atoms with E-state index in [1.807, 2.05) is 0 Å². The molecule has 0 aliphatic heterocycles. The van der Waals surface area contributed by atoms with E-state index in [1.165, 1.54) is 11.1 Å². The van der Waals surface area contributed by atoms with Gasteiger partial charge in [0.05, 0.1) is 7.11 Å². The van der Waals surface area contributed by atoms with Crippen LogP contribution in [0.1, 0.15) is 52.7 Å². The van der Waals surface area contributed by atoms with Crippen LogP contribution in [0.5, 0.6) is 5.75 Å². The summed E-state index contributed by atoms with van der Waals surface area (Å²) in [5, 5.41) is 0. The van der Waals surface area contributed by atoms with Gasteiger partial charge < -0.3 is 4.74 Å². The first kappa shape index (κ1) is 12.5. The van der Waals surface area contributed by atoms with Crippen molar-refractivity contribution in [3.05, 3.63) is 29.3 Å². The van der Waals surface area contributed by atoms with Crippen LogP contribution >= 0.6 is 0 Å². The zero-order valence-electron chi connectivity index (χ0n) is 12.1. The van der Waals surface area contributed by atoms with Crippen molar-refractivity contribution in [1.29, 1.82) is 0 Å². The van der Waals surface area contributed by atoms with Crippen molar-refractivity contribution in [2.75, 3.05) is 7.11 Å². The molecule has 1 nitrogen and oxygen atoms in total. The monoisotopic (exact) mass is 232 g/mol. The Labute approximate surface area is 105 Å². The molecule has 0 atom stereocenters. The molecule has 0 saturated heterocycles. The van der Waals surface area contributed by atoms with Gasteiger partial charge in [-0.3, -0.25) is 0 Å². The Morgan fingerprint density at radius 1 is 0.824 bits per heavy atom. The first-order valence-electron chi connectivity index (χ1n) is 6.35. The highest BCUT2D eigenvalue weighted by Gasteiger charge is 2.56. The average Bonchev–Trinajstić information content (AvgIpc) is 2.36. The van der Waals surface area contributed by atoms with Gasteiger partial charge in [-0.25, -0.2) is 0 Å². The third kappa shape index (κ3) is 1.31. The molecule has 0 bridgehead atoms. The molecule has 94 valence electrons. The maximum atomic E-state index is 5.37. The van der Waals surface area contributed by atoms with E-state index >= 15 is 0 Å². The fraction of sp³-hybridized carbons (Fsp3) is 0.625. The van der Waals surface area contributed by atoms with Crippen LogP contribution in [-0.2, 0) is 10.8 Å². The number of benzene rings is 1. The first-order valence-corrected chi connectivity index (χ1v) is 6.35. The van der Waals surface area contributed by atoms with E-state index in [4.69, 9.17) is 4.74 Å². The molecule has 0 unspecified atom stereocenters. The molecule has 0 heterocycles. The van der Waals surface area contributed by atoms with Crippen molar-refractivity contribution < 1.29 is 4.74 Å². The van der Waals surface area contributed by atoms with Crippen LogP contribution < -0.4 is 4.74 Å². The van der Waals surface area contributed by atoms with Gasteiger partial charge >= 0.3 is 0 Å². The van der Waals surface area contributed by atoms with Crippen LogP contribution in [-0.4, -0.2) is 7.11 Å². The highest BCUT2D eigenvalue weighted by Crippen LogP contribution is 2.61. The van der Waals surface area contributed by atoms with Gasteiger partial charge in [0.25, 0.3) is 0 Å². The molecule has 0 N–H and O–H groups in total. The summed E-state index contributed by atoms with van der Waals surface area (Å²) < 4.78 is 5.37. The fourth-order valence-corrected chi connectivity index (χ4v) is 3.17. The molecule has 0 spiro atoms. The summed E-state index contributed by atoms with van der Waals surface area (Å²) >= 11 is 0. The van der Waals surface area contributed by atoms with Crippen LogP contribution in [0.15, 0.2) is 18.2 Å². The molecule has 0 amide bonds. The molecule has 0 radical (unpaired) electrons. The Hall–Kier alpha value is -0.980. The van der Waals surface area contributed by atoms with Crippen molar-refractivity contribution >= 4 is 0 Å². The number of hydrogen-bond donors (Lipinski definition) is 0. The molecule has 1 heteroatoms.